The van der Waals surface area contributed by atoms with Crippen molar-refractivity contribution in [1.82, 2.24) is 35.5 Å². The van der Waals surface area contributed by atoms with Crippen LogP contribution in [0.1, 0.15) is 36.0 Å². The molecule has 11 heteroatoms. The molecule has 5 aromatic rings. The Morgan fingerprint density at radius 1 is 1.03 bits per heavy atom. The summed E-state index contributed by atoms with van der Waals surface area (Å²) in [4.78, 5) is 27.9. The molecule has 0 bridgehead atoms. The third kappa shape index (κ3) is 4.86. The molecule has 0 saturated heterocycles. The van der Waals surface area contributed by atoms with Crippen LogP contribution in [0.25, 0.3) is 33.5 Å². The second kappa shape index (κ2) is 10.4. The van der Waals surface area contributed by atoms with E-state index in [0.717, 1.165) is 47.8 Å². The van der Waals surface area contributed by atoms with Gasteiger partial charge in [-0.2, -0.15) is 9.97 Å². The zero-order chi connectivity index (χ0) is 26.8. The minimum Gasteiger partial charge on any atom is -0.495 e. The van der Waals surface area contributed by atoms with E-state index in [-0.39, 0.29) is 12.0 Å². The van der Waals surface area contributed by atoms with Crippen molar-refractivity contribution in [2.45, 2.75) is 31.8 Å². The fraction of sp³-hybridized carbons (Fsp3) is 0.250. The Morgan fingerprint density at radius 3 is 2.54 bits per heavy atom. The van der Waals surface area contributed by atoms with Crippen molar-refractivity contribution >= 4 is 28.6 Å². The third-order valence-corrected chi connectivity index (χ3v) is 6.90. The van der Waals surface area contributed by atoms with Crippen molar-refractivity contribution < 1.29 is 14.3 Å². The van der Waals surface area contributed by atoms with Gasteiger partial charge in [0.25, 0.3) is 5.91 Å². The monoisotopic (exact) mass is 524 g/mol. The van der Waals surface area contributed by atoms with E-state index in [0.29, 0.717) is 40.3 Å². The molecule has 3 aromatic heterocycles. The van der Waals surface area contributed by atoms with Crippen LogP contribution in [0, 0.1) is 0 Å². The zero-order valence-corrected chi connectivity index (χ0v) is 21.6. The Morgan fingerprint density at radius 2 is 1.82 bits per heavy atom. The zero-order valence-electron chi connectivity index (χ0n) is 21.6. The van der Waals surface area contributed by atoms with Gasteiger partial charge in [-0.1, -0.05) is 24.3 Å². The highest BCUT2D eigenvalue weighted by molar-refractivity contribution is 5.98. The number of H-pyrrole nitrogens is 2. The average molecular weight is 525 g/mol. The number of hydrogen-bond donors (Lipinski definition) is 4. The highest BCUT2D eigenvalue weighted by atomic mass is 16.5. The van der Waals surface area contributed by atoms with Gasteiger partial charge in [0.1, 0.15) is 23.8 Å². The van der Waals surface area contributed by atoms with Gasteiger partial charge in [-0.05, 0) is 49.4 Å². The van der Waals surface area contributed by atoms with Crippen molar-refractivity contribution in [2.24, 2.45) is 0 Å². The van der Waals surface area contributed by atoms with Crippen LogP contribution in [0.5, 0.6) is 11.6 Å². The average Bonchev–Trinajstić information content (AvgIpc) is 3.76. The van der Waals surface area contributed by atoms with Gasteiger partial charge in [0.15, 0.2) is 5.82 Å². The van der Waals surface area contributed by atoms with Gasteiger partial charge >= 0.3 is 0 Å². The van der Waals surface area contributed by atoms with Crippen LogP contribution in [0.2, 0.25) is 0 Å². The van der Waals surface area contributed by atoms with E-state index in [2.05, 4.69) is 30.8 Å². The number of nitrogens with one attached hydrogen (secondary N) is 4. The summed E-state index contributed by atoms with van der Waals surface area (Å²) in [6, 6.07) is 13.2. The van der Waals surface area contributed by atoms with Gasteiger partial charge in [0.05, 0.1) is 18.2 Å². The van der Waals surface area contributed by atoms with Crippen LogP contribution >= 0.6 is 0 Å². The van der Waals surface area contributed by atoms with Gasteiger partial charge in [0.2, 0.25) is 11.8 Å². The number of rotatable bonds is 8. The minimum atomic E-state index is -0.197. The highest BCUT2D eigenvalue weighted by Crippen LogP contribution is 2.38. The molecule has 6 rings (SSSR count). The lowest BCUT2D eigenvalue weighted by molar-refractivity contribution is 0.0962. The fourth-order valence-corrected chi connectivity index (χ4v) is 4.89. The molecule has 0 unspecified atom stereocenters. The van der Waals surface area contributed by atoms with E-state index in [1.807, 2.05) is 30.5 Å². The largest absolute Gasteiger partial charge is 0.495 e. The predicted molar refractivity (Wildman–Crippen MR) is 147 cm³/mol. The number of fused-ring (bicyclic) bond motifs is 1. The number of aromatic nitrogens is 6. The number of carbonyl (C=O) groups is 1. The number of aromatic amines is 2. The summed E-state index contributed by atoms with van der Waals surface area (Å²) in [6.45, 7) is 0. The number of carbonyl (C=O) groups excluding carboxylic acids is 1. The van der Waals surface area contributed by atoms with E-state index in [4.69, 9.17) is 19.4 Å². The highest BCUT2D eigenvalue weighted by Gasteiger charge is 2.23. The Kier molecular flexibility index (Phi) is 6.54. The maximum atomic E-state index is 12.1. The number of methoxy groups -OCH3 is 1. The maximum Gasteiger partial charge on any atom is 0.251 e. The molecule has 4 N–H and O–H groups in total. The van der Waals surface area contributed by atoms with Crippen molar-refractivity contribution in [1.29, 1.82) is 0 Å². The van der Waals surface area contributed by atoms with Crippen LogP contribution in [0.4, 0.5) is 11.6 Å². The number of hydrogen-bond acceptors (Lipinski definition) is 8. The standard InChI is InChI=1S/C28H28N8O3/c1-29-26(37)18-11-12-21(22(13-18)38-2)33-28-34-25-23(27(35-28)39-19-5-3-4-6-19)20(14-30-25)16-7-9-17(10-8-16)24-31-15-32-36-24/h7-15,19H,3-6H2,1-2H3,(H,29,37)(H,31,32,36)(H2,30,33,34,35). The van der Waals surface area contributed by atoms with E-state index in [9.17, 15) is 4.79 Å². The number of anilines is 2. The number of benzene rings is 2. The van der Waals surface area contributed by atoms with Crippen LogP contribution in [-0.2, 0) is 0 Å². The summed E-state index contributed by atoms with van der Waals surface area (Å²) >= 11 is 0. The maximum absolute atomic E-state index is 12.1. The Labute approximate surface area is 224 Å². The molecule has 1 fully saturated rings. The van der Waals surface area contributed by atoms with Crippen molar-refractivity contribution in [3.63, 3.8) is 0 Å². The van der Waals surface area contributed by atoms with Gasteiger partial charge in [-0.3, -0.25) is 4.79 Å². The second-order valence-corrected chi connectivity index (χ2v) is 9.34. The molecule has 1 amide bonds. The quantitative estimate of drug-likeness (QED) is 0.226. The van der Waals surface area contributed by atoms with Gasteiger partial charge in [-0.15, -0.1) is 10.2 Å². The summed E-state index contributed by atoms with van der Waals surface area (Å²) in [6.07, 6.45) is 7.86. The lowest BCUT2D eigenvalue weighted by Gasteiger charge is -2.16. The SMILES string of the molecule is CNC(=O)c1ccc(Nc2nc(OC3CCCC3)c3c(-c4ccc(-c5nnc[nH]5)cc4)c[nH]c3n2)c(OC)c1. The van der Waals surface area contributed by atoms with Crippen LogP contribution in [0.3, 0.4) is 0 Å². The molecule has 0 spiro atoms. The third-order valence-electron chi connectivity index (χ3n) is 6.90. The molecule has 0 aliphatic heterocycles. The topological polar surface area (TPSA) is 143 Å². The predicted octanol–water partition coefficient (Wildman–Crippen LogP) is 4.84. The Hall–Kier alpha value is -4.93. The lowest BCUT2D eigenvalue weighted by atomic mass is 10.0. The molecule has 1 aliphatic carbocycles. The van der Waals surface area contributed by atoms with Crippen molar-refractivity contribution in [3.8, 4) is 34.1 Å². The summed E-state index contributed by atoms with van der Waals surface area (Å²) < 4.78 is 12.0. The van der Waals surface area contributed by atoms with Crippen LogP contribution in [0.15, 0.2) is 55.0 Å². The lowest BCUT2D eigenvalue weighted by Crippen LogP contribution is -2.17. The number of ether oxygens (including phenoxy) is 2. The van der Waals surface area contributed by atoms with E-state index in [1.165, 1.54) is 0 Å². The van der Waals surface area contributed by atoms with E-state index < -0.39 is 0 Å². The minimum absolute atomic E-state index is 0.105. The summed E-state index contributed by atoms with van der Waals surface area (Å²) in [5.41, 5.74) is 4.65. The normalized spacial score (nSPS) is 13.5. The first kappa shape index (κ1) is 24.4. The molecule has 3 heterocycles. The summed E-state index contributed by atoms with van der Waals surface area (Å²) in [7, 11) is 3.14. The van der Waals surface area contributed by atoms with Crippen molar-refractivity contribution in [2.75, 3.05) is 19.5 Å². The molecule has 198 valence electrons. The second-order valence-electron chi connectivity index (χ2n) is 9.34. The molecular weight excluding hydrogens is 496 g/mol. The smallest absolute Gasteiger partial charge is 0.251 e. The van der Waals surface area contributed by atoms with Crippen LogP contribution in [-0.4, -0.2) is 56.3 Å². The first-order chi connectivity index (χ1) is 19.1. The number of amides is 1. The summed E-state index contributed by atoms with van der Waals surface area (Å²) in [5, 5.41) is 14.6. The van der Waals surface area contributed by atoms with Gasteiger partial charge in [0, 0.05) is 29.9 Å². The first-order valence-corrected chi connectivity index (χ1v) is 12.8. The van der Waals surface area contributed by atoms with Crippen LogP contribution < -0.4 is 20.1 Å². The molecule has 2 aromatic carbocycles. The van der Waals surface area contributed by atoms with Gasteiger partial charge in [-0.25, -0.2) is 0 Å². The molecule has 0 atom stereocenters. The first-order valence-electron chi connectivity index (χ1n) is 12.8. The molecular formula is C28H28N8O3. The molecule has 39 heavy (non-hydrogen) atoms. The molecule has 1 saturated carbocycles. The number of nitrogens with zero attached hydrogens (tertiary/aromatic N) is 4. The van der Waals surface area contributed by atoms with Crippen molar-refractivity contribution in [3.05, 3.63) is 60.6 Å². The van der Waals surface area contributed by atoms with Gasteiger partial charge < -0.3 is 30.1 Å². The van der Waals surface area contributed by atoms with E-state index in [1.54, 1.807) is 38.7 Å². The Balaban J connectivity index is 1.38. The molecule has 0 radical (unpaired) electrons. The Bertz CT molecular complexity index is 1610. The fourth-order valence-electron chi connectivity index (χ4n) is 4.89. The molecule has 11 nitrogen and oxygen atoms in total. The van der Waals surface area contributed by atoms with E-state index >= 15 is 0 Å². The summed E-state index contributed by atoms with van der Waals surface area (Å²) in [5.74, 6) is 1.89. The molecule has 1 aliphatic rings.